The summed E-state index contributed by atoms with van der Waals surface area (Å²) in [5.74, 6) is -0.579. The molecule has 0 saturated carbocycles. The van der Waals surface area contributed by atoms with Crippen molar-refractivity contribution in [3.05, 3.63) is 65.7 Å². The maximum atomic E-state index is 13.6. The van der Waals surface area contributed by atoms with E-state index in [1.807, 2.05) is 37.3 Å². The number of hydrogen-bond acceptors (Lipinski definition) is 3. The molecule has 4 rings (SSSR count). The Morgan fingerprint density at radius 3 is 2.52 bits per heavy atom. The highest BCUT2D eigenvalue weighted by Gasteiger charge is 2.44. The minimum Gasteiger partial charge on any atom is -0.486 e. The summed E-state index contributed by atoms with van der Waals surface area (Å²) in [5.41, 5.74) is 0.392. The molecule has 2 amide bonds. The van der Waals surface area contributed by atoms with Crippen molar-refractivity contribution in [1.82, 2.24) is 9.91 Å². The van der Waals surface area contributed by atoms with Gasteiger partial charge in [-0.2, -0.15) is 5.10 Å². The van der Waals surface area contributed by atoms with Gasteiger partial charge >= 0.3 is 6.03 Å². The van der Waals surface area contributed by atoms with E-state index in [0.29, 0.717) is 18.5 Å². The van der Waals surface area contributed by atoms with Crippen LogP contribution in [0.5, 0.6) is 5.75 Å². The van der Waals surface area contributed by atoms with Crippen LogP contribution in [0.4, 0.5) is 13.6 Å². The first-order valence-electron chi connectivity index (χ1n) is 8.83. The molecule has 2 aliphatic rings. The van der Waals surface area contributed by atoms with Gasteiger partial charge in [-0.15, -0.1) is 0 Å². The minimum atomic E-state index is -0.669. The molecule has 3 atom stereocenters. The maximum Gasteiger partial charge on any atom is 0.341 e. The van der Waals surface area contributed by atoms with E-state index >= 15 is 0 Å². The molecule has 1 fully saturated rings. The predicted octanol–water partition coefficient (Wildman–Crippen LogP) is 3.97. The zero-order valence-electron chi connectivity index (χ0n) is 14.8. The number of urea groups is 1. The zero-order chi connectivity index (χ0) is 19.0. The van der Waals surface area contributed by atoms with Crippen LogP contribution in [0.2, 0.25) is 0 Å². The van der Waals surface area contributed by atoms with Crippen LogP contribution in [0.3, 0.4) is 0 Å². The van der Waals surface area contributed by atoms with Gasteiger partial charge in [0.15, 0.2) is 0 Å². The molecule has 2 aliphatic heterocycles. The number of rotatable bonds is 3. The van der Waals surface area contributed by atoms with Crippen molar-refractivity contribution in [2.75, 3.05) is 6.54 Å². The lowest BCUT2D eigenvalue weighted by molar-refractivity contribution is -0.0197. The molecule has 0 radical (unpaired) electrons. The lowest BCUT2D eigenvalue weighted by atomic mass is 10.0. The molecule has 0 unspecified atom stereocenters. The highest BCUT2D eigenvalue weighted by Crippen LogP contribution is 2.33. The second-order valence-electron chi connectivity index (χ2n) is 6.74. The van der Waals surface area contributed by atoms with E-state index in [9.17, 15) is 13.6 Å². The summed E-state index contributed by atoms with van der Waals surface area (Å²) in [7, 11) is 0. The zero-order valence-corrected chi connectivity index (χ0v) is 14.8. The average molecular weight is 371 g/mol. The Hall–Kier alpha value is -2.96. The topological polar surface area (TPSA) is 45.1 Å². The Morgan fingerprint density at radius 1 is 1.15 bits per heavy atom. The number of likely N-dealkylation sites (tertiary alicyclic amines) is 1. The number of hydrazone groups is 1. The van der Waals surface area contributed by atoms with Gasteiger partial charge in [0, 0.05) is 18.7 Å². The van der Waals surface area contributed by atoms with Crippen molar-refractivity contribution >= 4 is 12.2 Å². The van der Waals surface area contributed by atoms with E-state index in [4.69, 9.17) is 4.74 Å². The quantitative estimate of drug-likeness (QED) is 0.820. The van der Waals surface area contributed by atoms with Gasteiger partial charge in [0.25, 0.3) is 0 Å². The van der Waals surface area contributed by atoms with Crippen LogP contribution in [0.15, 0.2) is 53.6 Å². The molecule has 2 heterocycles. The lowest BCUT2D eigenvalue weighted by Crippen LogP contribution is -2.64. The second-order valence-corrected chi connectivity index (χ2v) is 6.74. The van der Waals surface area contributed by atoms with Gasteiger partial charge in [-0.3, -0.25) is 0 Å². The molecule has 5 nitrogen and oxygen atoms in total. The van der Waals surface area contributed by atoms with E-state index in [1.165, 1.54) is 17.1 Å². The molecule has 0 spiro atoms. The van der Waals surface area contributed by atoms with Crippen LogP contribution in [-0.2, 0) is 0 Å². The smallest absolute Gasteiger partial charge is 0.341 e. The fourth-order valence-electron chi connectivity index (χ4n) is 3.41. The van der Waals surface area contributed by atoms with Crippen molar-refractivity contribution in [2.45, 2.75) is 31.5 Å². The summed E-state index contributed by atoms with van der Waals surface area (Å²) in [4.78, 5) is 14.5. The molecule has 7 heteroatoms. The molecule has 0 N–H and O–H groups in total. The van der Waals surface area contributed by atoms with E-state index < -0.39 is 17.7 Å². The lowest BCUT2D eigenvalue weighted by Gasteiger charge is -2.46. The largest absolute Gasteiger partial charge is 0.486 e. The van der Waals surface area contributed by atoms with Crippen molar-refractivity contribution < 1.29 is 18.3 Å². The van der Waals surface area contributed by atoms with E-state index in [1.54, 1.807) is 11.1 Å². The number of carbonyl (C=O) groups excluding carboxylic acids is 1. The number of hydrogen-bond donors (Lipinski definition) is 0. The first kappa shape index (κ1) is 17.5. The average Bonchev–Trinajstić information content (AvgIpc) is 3.14. The first-order chi connectivity index (χ1) is 13.0. The van der Waals surface area contributed by atoms with E-state index in [-0.39, 0.29) is 18.2 Å². The Morgan fingerprint density at radius 2 is 1.85 bits per heavy atom. The Labute approximate surface area is 155 Å². The summed E-state index contributed by atoms with van der Waals surface area (Å²) in [6.07, 6.45) is 1.90. The molecule has 0 aromatic heterocycles. The number of para-hydroxylation sites is 1. The van der Waals surface area contributed by atoms with Crippen LogP contribution < -0.4 is 4.74 Å². The Kier molecular flexibility index (Phi) is 4.51. The molecular formula is C20H19F2N3O2. The maximum absolute atomic E-state index is 13.6. The predicted molar refractivity (Wildman–Crippen MR) is 96.5 cm³/mol. The number of benzene rings is 2. The number of amides is 2. The highest BCUT2D eigenvalue weighted by molar-refractivity contribution is 5.79. The number of halogens is 2. The number of ether oxygens (including phenoxy) is 1. The molecule has 27 heavy (non-hydrogen) atoms. The number of nitrogens with zero attached hydrogens (tertiary/aromatic N) is 3. The van der Waals surface area contributed by atoms with Gasteiger partial charge < -0.3 is 9.64 Å². The van der Waals surface area contributed by atoms with Crippen molar-refractivity contribution in [1.29, 1.82) is 0 Å². The van der Waals surface area contributed by atoms with Gasteiger partial charge in [-0.25, -0.2) is 18.6 Å². The third kappa shape index (κ3) is 3.37. The van der Waals surface area contributed by atoms with E-state index in [2.05, 4.69) is 5.10 Å². The standard InChI is InChI=1S/C20H19F2N3O2/c1-13-19(27-17-5-3-2-4-6-17)12-24(13)20(26)25-18(7-8-23-25)14-9-15(21)11-16(22)10-14/h2-6,8-11,13,18-19H,7,12H2,1H3/t13-,18-,19-/m0/s1. The normalized spacial score (nSPS) is 24.0. The van der Waals surface area contributed by atoms with Gasteiger partial charge in [0.2, 0.25) is 0 Å². The third-order valence-corrected chi connectivity index (χ3v) is 4.98. The monoisotopic (exact) mass is 371 g/mol. The van der Waals surface area contributed by atoms with Gasteiger partial charge in [-0.1, -0.05) is 18.2 Å². The summed E-state index contributed by atoms with van der Waals surface area (Å²) in [6, 6.07) is 11.8. The second kappa shape index (κ2) is 6.98. The minimum absolute atomic E-state index is 0.104. The molecular weight excluding hydrogens is 352 g/mol. The SMILES string of the molecule is C[C@H]1[C@@H](Oc2ccccc2)CN1C(=O)N1N=CC[C@H]1c1cc(F)cc(F)c1. The first-order valence-corrected chi connectivity index (χ1v) is 8.83. The van der Waals surface area contributed by atoms with Crippen LogP contribution in [0.25, 0.3) is 0 Å². The Bertz CT molecular complexity index is 855. The van der Waals surface area contributed by atoms with Crippen molar-refractivity contribution in [3.8, 4) is 5.75 Å². The third-order valence-electron chi connectivity index (χ3n) is 4.98. The molecule has 0 aliphatic carbocycles. The Balaban J connectivity index is 1.44. The summed E-state index contributed by atoms with van der Waals surface area (Å²) in [6.45, 7) is 2.34. The number of carbonyl (C=O) groups is 1. The van der Waals surface area contributed by atoms with Gasteiger partial charge in [0.1, 0.15) is 23.5 Å². The summed E-state index contributed by atoms with van der Waals surface area (Å²) in [5, 5.41) is 5.43. The fourth-order valence-corrected chi connectivity index (χ4v) is 3.41. The molecule has 140 valence electrons. The fraction of sp³-hybridized carbons (Fsp3) is 0.300. The van der Waals surface area contributed by atoms with Crippen molar-refractivity contribution in [2.24, 2.45) is 5.10 Å². The highest BCUT2D eigenvalue weighted by atomic mass is 19.1. The molecule has 0 bridgehead atoms. The molecule has 1 saturated heterocycles. The van der Waals surface area contributed by atoms with Gasteiger partial charge in [0.05, 0.1) is 18.6 Å². The van der Waals surface area contributed by atoms with Gasteiger partial charge in [-0.05, 0) is 36.8 Å². The molecule has 2 aromatic rings. The van der Waals surface area contributed by atoms with Crippen molar-refractivity contribution in [3.63, 3.8) is 0 Å². The molecule has 2 aromatic carbocycles. The van der Waals surface area contributed by atoms with Crippen LogP contribution >= 0.6 is 0 Å². The van der Waals surface area contributed by atoms with Crippen LogP contribution in [0, 0.1) is 11.6 Å². The van der Waals surface area contributed by atoms with E-state index in [0.717, 1.165) is 11.8 Å². The van der Waals surface area contributed by atoms with Crippen LogP contribution in [-0.4, -0.2) is 40.8 Å². The summed E-state index contributed by atoms with van der Waals surface area (Å²) < 4.78 is 33.0. The summed E-state index contributed by atoms with van der Waals surface area (Å²) >= 11 is 0. The van der Waals surface area contributed by atoms with Crippen LogP contribution in [0.1, 0.15) is 24.9 Å².